The van der Waals surface area contributed by atoms with Crippen LogP contribution in [0.3, 0.4) is 0 Å². The van der Waals surface area contributed by atoms with Crippen LogP contribution in [0.2, 0.25) is 0 Å². The number of nitrogens with two attached hydrogens (primary N) is 1. The fourth-order valence-corrected chi connectivity index (χ4v) is 4.27. The second-order valence-corrected chi connectivity index (χ2v) is 8.56. The smallest absolute Gasteiger partial charge is 0.237 e. The number of nitrogens with one attached hydrogen (secondary N) is 2. The van der Waals surface area contributed by atoms with Crippen LogP contribution in [-0.2, 0) is 4.79 Å². The van der Waals surface area contributed by atoms with Crippen molar-refractivity contribution in [3.63, 3.8) is 0 Å². The van der Waals surface area contributed by atoms with Crippen molar-refractivity contribution in [3.05, 3.63) is 59.9 Å². The number of allylic oxidation sites excluding steroid dienone is 1. The van der Waals surface area contributed by atoms with Crippen LogP contribution in [0.5, 0.6) is 5.88 Å². The number of hydrogen-bond donors (Lipinski definition) is 3. The molecule has 0 radical (unpaired) electrons. The molecule has 1 aromatic heterocycles. The van der Waals surface area contributed by atoms with Crippen LogP contribution in [0.15, 0.2) is 53.8 Å². The number of anilines is 1. The molecule has 0 spiro atoms. The Morgan fingerprint density at radius 2 is 2.24 bits per heavy atom. The molecule has 2 atom stereocenters. The van der Waals surface area contributed by atoms with Crippen LogP contribution in [0, 0.1) is 0 Å². The number of piperazine rings is 1. The summed E-state index contributed by atoms with van der Waals surface area (Å²) in [4.78, 5) is 24.6. The van der Waals surface area contributed by atoms with Gasteiger partial charge in [0.25, 0.3) is 0 Å². The van der Waals surface area contributed by atoms with Crippen molar-refractivity contribution in [2.45, 2.75) is 12.1 Å². The molecular formula is C25H37N7O2. The number of hydrogen-bond acceptors (Lipinski definition) is 8. The Balaban J connectivity index is 0.00000228. The molecule has 1 aromatic carbocycles. The van der Waals surface area contributed by atoms with E-state index < -0.39 is 0 Å². The van der Waals surface area contributed by atoms with E-state index in [-0.39, 0.29) is 20.9 Å². The van der Waals surface area contributed by atoms with Gasteiger partial charge in [0.1, 0.15) is 6.10 Å². The predicted octanol–water partition coefficient (Wildman–Crippen LogP) is 1.85. The van der Waals surface area contributed by atoms with Crippen molar-refractivity contribution in [2.75, 3.05) is 58.7 Å². The van der Waals surface area contributed by atoms with Gasteiger partial charge < -0.3 is 26.0 Å². The third-order valence-corrected chi connectivity index (χ3v) is 6.25. The average Bonchev–Trinajstić information content (AvgIpc) is 2.87. The van der Waals surface area contributed by atoms with E-state index in [1.54, 1.807) is 24.4 Å². The molecule has 0 unspecified atom stereocenters. The molecule has 2 aliphatic heterocycles. The normalized spacial score (nSPS) is 20.1. The molecule has 0 saturated carbocycles. The number of rotatable bonds is 8. The lowest BCUT2D eigenvalue weighted by atomic mass is 10.00. The number of amides is 1. The molecule has 0 bridgehead atoms. The Kier molecular flexibility index (Phi) is 7.76. The number of carbonyl (C=O) groups excluding carboxylic acids is 1. The highest BCUT2D eigenvalue weighted by atomic mass is 16.5. The molecule has 1 fully saturated rings. The summed E-state index contributed by atoms with van der Waals surface area (Å²) in [6.45, 7) is 4.30. The zero-order chi connectivity index (χ0) is 23.9. The summed E-state index contributed by atoms with van der Waals surface area (Å²) in [5.74, 6) is 0.739. The Morgan fingerprint density at radius 1 is 1.41 bits per heavy atom. The number of carbonyl (C=O) groups is 1. The molecule has 34 heavy (non-hydrogen) atoms. The minimum atomic E-state index is -0.149. The van der Waals surface area contributed by atoms with Gasteiger partial charge in [0, 0.05) is 72.9 Å². The first-order valence-electron chi connectivity index (χ1n) is 11.6. The van der Waals surface area contributed by atoms with Gasteiger partial charge in [0.05, 0.1) is 24.8 Å². The molecule has 2 aromatic rings. The minimum absolute atomic E-state index is 0. The molecule has 1 amide bonds. The standard InChI is InChI=1S/C25H33N7O2.2H2/c1-27-14-20(13-26)19-12-21-25(30-15-19)34-22(16-29-21)24(18-6-4-3-5-7-18)28-8-9-32-11-10-31(2)23(33)17-32;;/h3-7,12-15,22,24,28-29H,8-11,16-17,26H2,1-2H3;2*1H/b20-13+,27-14?;;/t22-,24+;;/m0../s1. The highest BCUT2D eigenvalue weighted by Crippen LogP contribution is 2.32. The third kappa shape index (κ3) is 5.55. The summed E-state index contributed by atoms with van der Waals surface area (Å²) < 4.78 is 6.36. The molecule has 3 heterocycles. The molecule has 0 aliphatic carbocycles. The van der Waals surface area contributed by atoms with Gasteiger partial charge in [-0.15, -0.1) is 0 Å². The van der Waals surface area contributed by atoms with E-state index in [4.69, 9.17) is 10.5 Å². The fourth-order valence-electron chi connectivity index (χ4n) is 4.27. The van der Waals surface area contributed by atoms with Gasteiger partial charge >= 0.3 is 0 Å². The van der Waals surface area contributed by atoms with Crippen LogP contribution in [-0.4, -0.2) is 86.4 Å². The third-order valence-electron chi connectivity index (χ3n) is 6.25. The fraction of sp³-hybridized carbons (Fsp3) is 0.400. The lowest BCUT2D eigenvalue weighted by Gasteiger charge is -2.35. The number of benzene rings is 1. The SMILES string of the molecule is CN=C/C(=C\N)c1cnc2c(c1)NC[C@@H]([C@H](NCCN1CCN(C)C(=O)C1)c1ccccc1)O2.[HH].[HH]. The second-order valence-electron chi connectivity index (χ2n) is 8.56. The Morgan fingerprint density at radius 3 is 2.97 bits per heavy atom. The van der Waals surface area contributed by atoms with Gasteiger partial charge in [-0.2, -0.15) is 0 Å². The number of likely N-dealkylation sites (N-methyl/N-ethyl adjacent to an activating group) is 1. The second kappa shape index (κ2) is 11.1. The molecular weight excluding hydrogens is 430 g/mol. The summed E-state index contributed by atoms with van der Waals surface area (Å²) in [5, 5.41) is 7.14. The molecule has 9 heteroatoms. The number of aromatic nitrogens is 1. The number of nitrogens with zero attached hydrogens (tertiary/aromatic N) is 4. The van der Waals surface area contributed by atoms with Crippen LogP contribution in [0.1, 0.15) is 20.0 Å². The van der Waals surface area contributed by atoms with Gasteiger partial charge in [-0.05, 0) is 11.6 Å². The van der Waals surface area contributed by atoms with Crippen molar-refractivity contribution in [3.8, 4) is 5.88 Å². The topological polar surface area (TPSA) is 108 Å². The van der Waals surface area contributed by atoms with E-state index >= 15 is 0 Å². The van der Waals surface area contributed by atoms with Crippen molar-refractivity contribution < 1.29 is 12.4 Å². The molecule has 4 N–H and O–H groups in total. The van der Waals surface area contributed by atoms with Gasteiger partial charge in [0.2, 0.25) is 11.8 Å². The van der Waals surface area contributed by atoms with Crippen molar-refractivity contribution in [2.24, 2.45) is 10.7 Å². The first kappa shape index (κ1) is 23.7. The molecule has 9 nitrogen and oxygen atoms in total. The highest BCUT2D eigenvalue weighted by molar-refractivity contribution is 6.09. The zero-order valence-electron chi connectivity index (χ0n) is 19.8. The quantitative estimate of drug-likeness (QED) is 0.509. The van der Waals surface area contributed by atoms with Crippen LogP contribution < -0.4 is 21.1 Å². The monoisotopic (exact) mass is 467 g/mol. The van der Waals surface area contributed by atoms with Crippen LogP contribution >= 0.6 is 0 Å². The minimum Gasteiger partial charge on any atom is -0.469 e. The number of pyridine rings is 1. The van der Waals surface area contributed by atoms with Gasteiger partial charge in [-0.25, -0.2) is 4.98 Å². The number of fused-ring (bicyclic) bond motifs is 1. The molecule has 2 aliphatic rings. The van der Waals surface area contributed by atoms with E-state index in [2.05, 4.69) is 37.6 Å². The lowest BCUT2D eigenvalue weighted by molar-refractivity contribution is -0.134. The van der Waals surface area contributed by atoms with E-state index in [1.807, 2.05) is 31.3 Å². The van der Waals surface area contributed by atoms with Crippen molar-refractivity contribution in [1.82, 2.24) is 20.1 Å². The van der Waals surface area contributed by atoms with E-state index in [0.29, 0.717) is 19.0 Å². The number of aliphatic imine (C=N–C) groups is 1. The summed E-state index contributed by atoms with van der Waals surface area (Å²) in [6, 6.07) is 12.2. The summed E-state index contributed by atoms with van der Waals surface area (Å²) in [7, 11) is 3.57. The maximum atomic E-state index is 12.0. The van der Waals surface area contributed by atoms with Crippen molar-refractivity contribution in [1.29, 1.82) is 0 Å². The Labute approximate surface area is 203 Å². The van der Waals surface area contributed by atoms with E-state index in [9.17, 15) is 4.79 Å². The molecule has 184 valence electrons. The Hall–Kier alpha value is -3.43. The van der Waals surface area contributed by atoms with Gasteiger partial charge in [-0.3, -0.25) is 14.7 Å². The zero-order valence-corrected chi connectivity index (χ0v) is 19.8. The Bertz CT molecular complexity index is 1050. The lowest BCUT2D eigenvalue weighted by Crippen LogP contribution is -2.51. The van der Waals surface area contributed by atoms with Gasteiger partial charge in [-0.1, -0.05) is 30.3 Å². The average molecular weight is 468 g/mol. The van der Waals surface area contributed by atoms with E-state index in [0.717, 1.165) is 48.6 Å². The predicted molar refractivity (Wildman–Crippen MR) is 139 cm³/mol. The molecule has 4 rings (SSSR count). The highest BCUT2D eigenvalue weighted by Gasteiger charge is 2.30. The first-order chi connectivity index (χ1) is 16.6. The summed E-state index contributed by atoms with van der Waals surface area (Å²) in [5.41, 5.74) is 9.40. The van der Waals surface area contributed by atoms with Crippen molar-refractivity contribution >= 4 is 23.4 Å². The first-order valence-corrected chi connectivity index (χ1v) is 11.6. The summed E-state index contributed by atoms with van der Waals surface area (Å²) in [6.07, 6.45) is 4.83. The number of ether oxygens (including phenoxy) is 1. The molecule has 1 saturated heterocycles. The van der Waals surface area contributed by atoms with Crippen LogP contribution in [0.25, 0.3) is 5.57 Å². The summed E-state index contributed by atoms with van der Waals surface area (Å²) >= 11 is 0. The van der Waals surface area contributed by atoms with Gasteiger partial charge in [0.15, 0.2) is 0 Å². The largest absolute Gasteiger partial charge is 0.469 e. The van der Waals surface area contributed by atoms with Crippen LogP contribution in [0.4, 0.5) is 5.69 Å². The maximum Gasteiger partial charge on any atom is 0.237 e. The van der Waals surface area contributed by atoms with E-state index in [1.165, 1.54) is 6.20 Å². The maximum absolute atomic E-state index is 12.0.